The Kier molecular flexibility index (Phi) is 5.43. The first-order valence-electron chi connectivity index (χ1n) is 8.13. The number of nitrogens with one attached hydrogen (secondary N) is 1. The summed E-state index contributed by atoms with van der Waals surface area (Å²) in [5, 5.41) is 11.6. The summed E-state index contributed by atoms with van der Waals surface area (Å²) in [4.78, 5) is 12.7. The van der Waals surface area contributed by atoms with Gasteiger partial charge in [-0.1, -0.05) is 37.3 Å². The molecule has 0 bridgehead atoms. The molecule has 0 spiro atoms. The lowest BCUT2D eigenvalue weighted by molar-refractivity contribution is -0.122. The molecule has 5 heteroatoms. The average Bonchev–Trinajstić information content (AvgIpc) is 3.31. The van der Waals surface area contributed by atoms with Gasteiger partial charge in [-0.3, -0.25) is 9.48 Å². The van der Waals surface area contributed by atoms with Crippen molar-refractivity contribution in [1.29, 1.82) is 0 Å². The van der Waals surface area contributed by atoms with E-state index in [0.717, 1.165) is 17.5 Å². The van der Waals surface area contributed by atoms with Crippen molar-refractivity contribution in [2.24, 2.45) is 0 Å². The van der Waals surface area contributed by atoms with Crippen molar-refractivity contribution >= 4 is 17.2 Å². The summed E-state index contributed by atoms with van der Waals surface area (Å²) in [5.41, 5.74) is 2.22. The number of thiophene rings is 1. The van der Waals surface area contributed by atoms with Crippen LogP contribution in [0.5, 0.6) is 0 Å². The molecule has 1 amide bonds. The third kappa shape index (κ3) is 3.74. The maximum absolute atomic E-state index is 12.7. The van der Waals surface area contributed by atoms with Crippen LogP contribution in [0.15, 0.2) is 65.6 Å². The quantitative estimate of drug-likeness (QED) is 0.711. The van der Waals surface area contributed by atoms with Crippen LogP contribution < -0.4 is 5.32 Å². The molecule has 0 unspecified atom stereocenters. The van der Waals surface area contributed by atoms with Gasteiger partial charge in [0.1, 0.15) is 0 Å². The summed E-state index contributed by atoms with van der Waals surface area (Å²) in [6, 6.07) is 13.9. The smallest absolute Gasteiger partial charge is 0.227 e. The van der Waals surface area contributed by atoms with Crippen LogP contribution in [0.2, 0.25) is 0 Å². The maximum atomic E-state index is 12.7. The van der Waals surface area contributed by atoms with Crippen LogP contribution >= 0.6 is 11.3 Å². The zero-order chi connectivity index (χ0) is 16.8. The zero-order valence-electron chi connectivity index (χ0n) is 13.6. The second kappa shape index (κ2) is 7.93. The molecule has 1 N–H and O–H groups in total. The second-order valence-corrected chi connectivity index (χ2v) is 6.46. The van der Waals surface area contributed by atoms with Gasteiger partial charge in [0.2, 0.25) is 5.91 Å². The first kappa shape index (κ1) is 16.5. The highest BCUT2D eigenvalue weighted by atomic mass is 32.1. The average molecular weight is 339 g/mol. The molecule has 3 aromatic rings. The Morgan fingerprint density at radius 3 is 2.67 bits per heavy atom. The third-order valence-corrected chi connectivity index (χ3v) is 4.87. The lowest BCUT2D eigenvalue weighted by Gasteiger charge is -2.20. The number of amides is 1. The summed E-state index contributed by atoms with van der Waals surface area (Å²) in [6.07, 6.45) is 4.48. The second-order valence-electron chi connectivity index (χ2n) is 5.68. The van der Waals surface area contributed by atoms with E-state index in [-0.39, 0.29) is 17.9 Å². The molecule has 1 aromatic carbocycles. The van der Waals surface area contributed by atoms with Crippen molar-refractivity contribution in [2.45, 2.75) is 25.3 Å². The summed E-state index contributed by atoms with van der Waals surface area (Å²) in [6.45, 7) is 2.57. The predicted molar refractivity (Wildman–Crippen MR) is 97.2 cm³/mol. The highest BCUT2D eigenvalue weighted by Gasteiger charge is 2.21. The van der Waals surface area contributed by atoms with Gasteiger partial charge in [0.15, 0.2) is 0 Å². The van der Waals surface area contributed by atoms with E-state index in [0.29, 0.717) is 6.54 Å². The van der Waals surface area contributed by atoms with Gasteiger partial charge in [0.05, 0.1) is 12.0 Å². The molecule has 24 heavy (non-hydrogen) atoms. The maximum Gasteiger partial charge on any atom is 0.227 e. The van der Waals surface area contributed by atoms with Crippen LogP contribution in [0, 0.1) is 0 Å². The molecule has 0 saturated heterocycles. The van der Waals surface area contributed by atoms with Crippen molar-refractivity contribution in [3.05, 3.63) is 76.7 Å². The number of hydrogen-bond donors (Lipinski definition) is 1. The Morgan fingerprint density at radius 2 is 2.04 bits per heavy atom. The molecule has 2 heterocycles. The predicted octanol–water partition coefficient (Wildman–Crippen LogP) is 3.84. The number of aromatic nitrogens is 2. The van der Waals surface area contributed by atoms with E-state index in [9.17, 15) is 4.79 Å². The molecular weight excluding hydrogens is 318 g/mol. The van der Waals surface area contributed by atoms with E-state index in [1.54, 1.807) is 17.5 Å². The van der Waals surface area contributed by atoms with Crippen LogP contribution in [-0.4, -0.2) is 22.2 Å². The van der Waals surface area contributed by atoms with Crippen LogP contribution in [0.1, 0.15) is 36.4 Å². The molecular formula is C19H21N3OS. The molecule has 0 aliphatic heterocycles. The van der Waals surface area contributed by atoms with Crippen molar-refractivity contribution in [3.8, 4) is 0 Å². The SMILES string of the molecule is CC[C@H](C(=O)NC[C@H](c1ccsc1)n1cccn1)c1ccccc1. The number of carbonyl (C=O) groups excluding carboxylic acids is 1. The van der Waals surface area contributed by atoms with Gasteiger partial charge in [-0.15, -0.1) is 0 Å². The minimum Gasteiger partial charge on any atom is -0.353 e. The van der Waals surface area contributed by atoms with Gasteiger partial charge in [-0.25, -0.2) is 0 Å². The minimum absolute atomic E-state index is 0.0171. The first-order chi connectivity index (χ1) is 11.8. The summed E-state index contributed by atoms with van der Waals surface area (Å²) < 4.78 is 1.89. The monoisotopic (exact) mass is 339 g/mol. The Bertz CT molecular complexity index is 704. The molecule has 0 aliphatic rings. The highest BCUT2D eigenvalue weighted by Crippen LogP contribution is 2.22. The van der Waals surface area contributed by atoms with Crippen molar-refractivity contribution in [2.75, 3.05) is 6.54 Å². The number of hydrogen-bond acceptors (Lipinski definition) is 3. The number of benzene rings is 1. The zero-order valence-corrected chi connectivity index (χ0v) is 14.4. The van der Waals surface area contributed by atoms with Gasteiger partial charge >= 0.3 is 0 Å². The fraction of sp³-hybridized carbons (Fsp3) is 0.263. The van der Waals surface area contributed by atoms with E-state index in [4.69, 9.17) is 0 Å². The molecule has 0 aliphatic carbocycles. The van der Waals surface area contributed by atoms with Crippen molar-refractivity contribution < 1.29 is 4.79 Å². The fourth-order valence-corrected chi connectivity index (χ4v) is 3.58. The lowest BCUT2D eigenvalue weighted by atomic mass is 9.95. The Labute approximate surface area is 146 Å². The van der Waals surface area contributed by atoms with E-state index < -0.39 is 0 Å². The third-order valence-electron chi connectivity index (χ3n) is 4.17. The molecule has 0 fully saturated rings. The Morgan fingerprint density at radius 1 is 1.21 bits per heavy atom. The summed E-state index contributed by atoms with van der Waals surface area (Å²) in [7, 11) is 0. The van der Waals surface area contributed by atoms with E-state index >= 15 is 0 Å². The first-order valence-corrected chi connectivity index (χ1v) is 9.07. The number of rotatable bonds is 7. The largest absolute Gasteiger partial charge is 0.353 e. The van der Waals surface area contributed by atoms with Crippen LogP contribution in [0.4, 0.5) is 0 Å². The van der Waals surface area contributed by atoms with Crippen LogP contribution in [0.3, 0.4) is 0 Å². The lowest BCUT2D eigenvalue weighted by Crippen LogP contribution is -2.34. The standard InChI is InChI=1S/C19H21N3OS/c1-2-17(15-7-4-3-5-8-15)19(23)20-13-18(16-9-12-24-14-16)22-11-6-10-21-22/h3-12,14,17-18H,2,13H2,1H3,(H,20,23)/t17-,18+/m0/s1. The van der Waals surface area contributed by atoms with E-state index in [1.807, 2.05) is 59.6 Å². The molecule has 3 rings (SSSR count). The Balaban J connectivity index is 1.71. The molecule has 2 atom stereocenters. The van der Waals surface area contributed by atoms with Crippen molar-refractivity contribution in [1.82, 2.24) is 15.1 Å². The van der Waals surface area contributed by atoms with Crippen LogP contribution in [-0.2, 0) is 4.79 Å². The van der Waals surface area contributed by atoms with E-state index in [1.165, 1.54) is 0 Å². The van der Waals surface area contributed by atoms with Gasteiger partial charge in [-0.2, -0.15) is 16.4 Å². The van der Waals surface area contributed by atoms with Gasteiger partial charge in [0, 0.05) is 18.9 Å². The Hall–Kier alpha value is -2.40. The van der Waals surface area contributed by atoms with E-state index in [2.05, 4.69) is 21.9 Å². The normalized spacial score (nSPS) is 13.4. The molecule has 124 valence electrons. The summed E-state index contributed by atoms with van der Waals surface area (Å²) >= 11 is 1.65. The number of carbonyl (C=O) groups is 1. The minimum atomic E-state index is -0.119. The summed E-state index contributed by atoms with van der Waals surface area (Å²) in [5.74, 6) is -0.0527. The van der Waals surface area contributed by atoms with Gasteiger partial charge in [-0.05, 0) is 40.4 Å². The molecule has 0 radical (unpaired) electrons. The molecule has 0 saturated carbocycles. The van der Waals surface area contributed by atoms with Crippen molar-refractivity contribution in [3.63, 3.8) is 0 Å². The topological polar surface area (TPSA) is 46.9 Å². The van der Waals surface area contributed by atoms with Gasteiger partial charge < -0.3 is 5.32 Å². The highest BCUT2D eigenvalue weighted by molar-refractivity contribution is 7.07. The molecule has 4 nitrogen and oxygen atoms in total. The fourth-order valence-electron chi connectivity index (χ4n) is 2.87. The van der Waals surface area contributed by atoms with Crippen LogP contribution in [0.25, 0.3) is 0 Å². The van der Waals surface area contributed by atoms with Gasteiger partial charge in [0.25, 0.3) is 0 Å². The molecule has 2 aromatic heterocycles. The number of nitrogens with zero attached hydrogens (tertiary/aromatic N) is 2.